The molecule has 0 radical (unpaired) electrons. The van der Waals surface area contributed by atoms with Gasteiger partial charge in [0.25, 0.3) is 0 Å². The summed E-state index contributed by atoms with van der Waals surface area (Å²) in [6.07, 6.45) is 1.25. The van der Waals surface area contributed by atoms with Crippen molar-refractivity contribution in [1.29, 1.82) is 0 Å². The minimum absolute atomic E-state index is 1.23. The maximum atomic E-state index is 2.38. The third kappa shape index (κ3) is 5.55. The maximum absolute atomic E-state index is 2.38. The first kappa shape index (κ1) is 31.9. The summed E-state index contributed by atoms with van der Waals surface area (Å²) in [5, 5.41) is 10.3. The Morgan fingerprint density at radius 3 is 1.42 bits per heavy atom. The summed E-state index contributed by atoms with van der Waals surface area (Å²) in [7, 11) is 0. The zero-order valence-corrected chi connectivity index (χ0v) is 30.3. The van der Waals surface area contributed by atoms with Crippen molar-refractivity contribution < 1.29 is 0 Å². The van der Waals surface area contributed by atoms with E-state index in [9.17, 15) is 0 Å². The summed E-state index contributed by atoms with van der Waals surface area (Å²) in [5.74, 6) is 0. The monoisotopic (exact) mass is 682 g/mol. The first-order valence-electron chi connectivity index (χ1n) is 18.3. The largest absolute Gasteiger partial charge is 0.135 e. The quantitative estimate of drug-likeness (QED) is 0.162. The van der Waals surface area contributed by atoms with Crippen LogP contribution >= 0.6 is 11.3 Å². The van der Waals surface area contributed by atoms with E-state index in [1.807, 2.05) is 11.3 Å². The average Bonchev–Trinajstić information content (AvgIpc) is 3.58. The van der Waals surface area contributed by atoms with Crippen LogP contribution in [0.5, 0.6) is 0 Å². The highest BCUT2D eigenvalue weighted by molar-refractivity contribution is 7.25. The summed E-state index contributed by atoms with van der Waals surface area (Å²) in [6, 6.07) is 67.0. The molecule has 0 aliphatic carbocycles. The smallest absolute Gasteiger partial charge is 0.0355 e. The van der Waals surface area contributed by atoms with E-state index in [-0.39, 0.29) is 0 Å². The van der Waals surface area contributed by atoms with Crippen molar-refractivity contribution in [2.45, 2.75) is 20.3 Å². The Labute approximate surface area is 309 Å². The molecule has 1 heterocycles. The van der Waals surface area contributed by atoms with E-state index >= 15 is 0 Å². The molecule has 0 saturated heterocycles. The Morgan fingerprint density at radius 1 is 0.327 bits per heavy atom. The molecule has 0 unspecified atom stereocenters. The SMILES string of the molecule is CCC.c1cc(-c2ccc3sc4ccccc4c3c2)cc(-c2c3ccccc3c(-c3cccc(-c4cccc5ccccc45)c3)c3ccccc23)c1. The molecule has 0 atom stereocenters. The van der Waals surface area contributed by atoms with Crippen LogP contribution in [0.15, 0.2) is 182 Å². The van der Waals surface area contributed by atoms with E-state index in [0.29, 0.717) is 0 Å². The summed E-state index contributed by atoms with van der Waals surface area (Å²) >= 11 is 1.87. The first-order chi connectivity index (χ1) is 25.7. The Bertz CT molecular complexity index is 2840. The van der Waals surface area contributed by atoms with Crippen LogP contribution in [-0.2, 0) is 0 Å². The molecule has 0 amide bonds. The fraction of sp³-hybridized carbons (Fsp3) is 0.0588. The van der Waals surface area contributed by atoms with Crippen molar-refractivity contribution in [2.24, 2.45) is 0 Å². The summed E-state index contributed by atoms with van der Waals surface area (Å²) in [5.41, 5.74) is 9.99. The molecular formula is C51H38S. The highest BCUT2D eigenvalue weighted by Crippen LogP contribution is 2.45. The van der Waals surface area contributed by atoms with E-state index < -0.39 is 0 Å². The topological polar surface area (TPSA) is 0 Å². The molecule has 10 aromatic rings. The zero-order chi connectivity index (χ0) is 35.0. The van der Waals surface area contributed by atoms with Crippen LogP contribution in [0.1, 0.15) is 20.3 Å². The fourth-order valence-corrected chi connectivity index (χ4v) is 8.92. The number of hydrogen-bond acceptors (Lipinski definition) is 1. The van der Waals surface area contributed by atoms with Crippen LogP contribution in [0.3, 0.4) is 0 Å². The fourth-order valence-electron chi connectivity index (χ4n) is 7.83. The lowest BCUT2D eigenvalue weighted by atomic mass is 9.85. The number of fused-ring (bicyclic) bond motifs is 6. The summed E-state index contributed by atoms with van der Waals surface area (Å²) in [4.78, 5) is 0. The van der Waals surface area contributed by atoms with Crippen molar-refractivity contribution >= 4 is 63.8 Å². The van der Waals surface area contributed by atoms with Crippen LogP contribution in [0, 0.1) is 0 Å². The molecule has 0 aliphatic heterocycles. The Kier molecular flexibility index (Phi) is 8.35. The number of rotatable bonds is 4. The highest BCUT2D eigenvalue weighted by atomic mass is 32.1. The van der Waals surface area contributed by atoms with Gasteiger partial charge in [-0.1, -0.05) is 172 Å². The Balaban J connectivity index is 0.00000116. The van der Waals surface area contributed by atoms with Crippen molar-refractivity contribution in [3.63, 3.8) is 0 Å². The zero-order valence-electron chi connectivity index (χ0n) is 29.4. The molecule has 0 aliphatic rings. The molecule has 248 valence electrons. The third-order valence-electron chi connectivity index (χ3n) is 10.0. The van der Waals surface area contributed by atoms with Gasteiger partial charge in [0.2, 0.25) is 0 Å². The van der Waals surface area contributed by atoms with Gasteiger partial charge in [-0.2, -0.15) is 0 Å². The third-order valence-corrected chi connectivity index (χ3v) is 11.2. The van der Waals surface area contributed by atoms with Crippen LogP contribution in [-0.4, -0.2) is 0 Å². The van der Waals surface area contributed by atoms with Gasteiger partial charge in [0, 0.05) is 20.2 Å². The van der Waals surface area contributed by atoms with Gasteiger partial charge in [-0.15, -0.1) is 11.3 Å². The van der Waals surface area contributed by atoms with Crippen LogP contribution < -0.4 is 0 Å². The van der Waals surface area contributed by atoms with Gasteiger partial charge in [-0.25, -0.2) is 0 Å². The summed E-state index contributed by atoms with van der Waals surface area (Å²) < 4.78 is 2.67. The molecule has 0 spiro atoms. The Morgan fingerprint density at radius 2 is 0.769 bits per heavy atom. The molecule has 1 heteroatoms. The van der Waals surface area contributed by atoms with Crippen LogP contribution in [0.2, 0.25) is 0 Å². The van der Waals surface area contributed by atoms with E-state index in [0.717, 1.165) is 0 Å². The van der Waals surface area contributed by atoms with Crippen molar-refractivity contribution in [3.05, 3.63) is 182 Å². The van der Waals surface area contributed by atoms with Crippen molar-refractivity contribution in [3.8, 4) is 44.5 Å². The molecule has 10 rings (SSSR count). The molecule has 0 fully saturated rings. The lowest BCUT2D eigenvalue weighted by molar-refractivity contribution is 1.09. The van der Waals surface area contributed by atoms with Crippen LogP contribution in [0.4, 0.5) is 0 Å². The second kappa shape index (κ2) is 13.6. The molecule has 9 aromatic carbocycles. The minimum Gasteiger partial charge on any atom is -0.135 e. The van der Waals surface area contributed by atoms with Gasteiger partial charge < -0.3 is 0 Å². The van der Waals surface area contributed by atoms with Crippen molar-refractivity contribution in [1.82, 2.24) is 0 Å². The highest BCUT2D eigenvalue weighted by Gasteiger charge is 2.18. The number of thiophene rings is 1. The van der Waals surface area contributed by atoms with Gasteiger partial charge in [0.1, 0.15) is 0 Å². The Hall–Kier alpha value is -6.02. The number of hydrogen-bond donors (Lipinski definition) is 0. The predicted molar refractivity (Wildman–Crippen MR) is 230 cm³/mol. The number of benzene rings is 9. The molecular weight excluding hydrogens is 645 g/mol. The minimum atomic E-state index is 1.23. The molecule has 0 N–H and O–H groups in total. The average molecular weight is 683 g/mol. The standard InChI is InChI=1S/C48H30S.C3H8/c1-2-18-37-31(12-1)13-11-24-38(37)34-15-10-17-36(29-34)48-42-22-5-3-20-40(42)47(41-21-4-6-23-43(41)48)35-16-9-14-32(28-35)33-26-27-46-44(30-33)39-19-7-8-25-45(39)49-46;1-3-2/h1-30H;3H2,1-2H3. The molecule has 52 heavy (non-hydrogen) atoms. The van der Waals surface area contributed by atoms with E-state index in [2.05, 4.69) is 196 Å². The normalized spacial score (nSPS) is 11.3. The van der Waals surface area contributed by atoms with Gasteiger partial charge in [0.05, 0.1) is 0 Å². The molecule has 0 nitrogen and oxygen atoms in total. The first-order valence-corrected chi connectivity index (χ1v) is 19.1. The second-order valence-electron chi connectivity index (χ2n) is 13.5. The van der Waals surface area contributed by atoms with Gasteiger partial charge in [0.15, 0.2) is 0 Å². The van der Waals surface area contributed by atoms with E-state index in [1.54, 1.807) is 0 Å². The molecule has 1 aromatic heterocycles. The molecule has 0 saturated carbocycles. The van der Waals surface area contributed by atoms with Gasteiger partial charge in [-0.3, -0.25) is 0 Å². The molecule has 0 bridgehead atoms. The van der Waals surface area contributed by atoms with Gasteiger partial charge in [-0.05, 0) is 107 Å². The van der Waals surface area contributed by atoms with Crippen molar-refractivity contribution in [2.75, 3.05) is 0 Å². The van der Waals surface area contributed by atoms with E-state index in [4.69, 9.17) is 0 Å². The van der Waals surface area contributed by atoms with Gasteiger partial charge >= 0.3 is 0 Å². The second-order valence-corrected chi connectivity index (χ2v) is 14.6. The van der Waals surface area contributed by atoms with Crippen LogP contribution in [0.25, 0.3) is 97.0 Å². The predicted octanol–water partition coefficient (Wildman–Crippen LogP) is 15.6. The lowest BCUT2D eigenvalue weighted by Gasteiger charge is -2.19. The lowest BCUT2D eigenvalue weighted by Crippen LogP contribution is -1.91. The summed E-state index contributed by atoms with van der Waals surface area (Å²) in [6.45, 7) is 4.25. The van der Waals surface area contributed by atoms with E-state index in [1.165, 1.54) is 103 Å². The maximum Gasteiger partial charge on any atom is 0.0355 e.